The Morgan fingerprint density at radius 1 is 1.47 bits per heavy atom. The molecule has 0 spiro atoms. The number of phenolic OH excluding ortho intramolecular Hbond substituents is 1. The quantitative estimate of drug-likeness (QED) is 0.805. The molecule has 92 valence electrons. The summed E-state index contributed by atoms with van der Waals surface area (Å²) < 4.78 is 0. The number of carbonyl (C=O) groups is 1. The first kappa shape index (κ1) is 11.9. The molecule has 1 aromatic carbocycles. The minimum atomic E-state index is -0.215. The van der Waals surface area contributed by atoms with Crippen LogP contribution < -0.4 is 5.32 Å². The van der Waals surface area contributed by atoms with E-state index in [2.05, 4.69) is 17.3 Å². The molecule has 2 rings (SSSR count). The molecule has 4 heteroatoms. The van der Waals surface area contributed by atoms with Gasteiger partial charge in [0.1, 0.15) is 5.75 Å². The third-order valence-electron chi connectivity index (χ3n) is 3.07. The van der Waals surface area contributed by atoms with E-state index in [9.17, 15) is 9.90 Å². The first-order valence-corrected chi connectivity index (χ1v) is 5.95. The van der Waals surface area contributed by atoms with E-state index in [-0.39, 0.29) is 11.7 Å². The number of carbonyl (C=O) groups excluding carboxylic acids is 1. The highest BCUT2D eigenvalue weighted by atomic mass is 16.3. The Morgan fingerprint density at radius 3 is 2.82 bits per heavy atom. The Kier molecular flexibility index (Phi) is 3.64. The maximum atomic E-state index is 11.7. The van der Waals surface area contributed by atoms with Crippen LogP contribution >= 0.6 is 0 Å². The van der Waals surface area contributed by atoms with Gasteiger partial charge in [0.15, 0.2) is 0 Å². The molecule has 0 unspecified atom stereocenters. The van der Waals surface area contributed by atoms with Crippen LogP contribution in [0, 0.1) is 0 Å². The van der Waals surface area contributed by atoms with Crippen molar-refractivity contribution in [3.05, 3.63) is 29.8 Å². The second-order valence-electron chi connectivity index (χ2n) is 4.48. The molecular formula is C13H18N2O2. The summed E-state index contributed by atoms with van der Waals surface area (Å²) in [5.41, 5.74) is 0.335. The van der Waals surface area contributed by atoms with Gasteiger partial charge >= 0.3 is 0 Å². The fourth-order valence-electron chi connectivity index (χ4n) is 1.80. The standard InChI is InChI=1S/C13H18N2O2/c1-15(10-6-7-10)9-8-14-13(17)11-4-2-3-5-12(11)16/h2-5,10,16H,6-9H2,1H3,(H,14,17). The highest BCUT2D eigenvalue weighted by Crippen LogP contribution is 2.24. The van der Waals surface area contributed by atoms with Crippen LogP contribution in [0.2, 0.25) is 0 Å². The summed E-state index contributed by atoms with van der Waals surface area (Å²) in [6.45, 7) is 1.46. The molecule has 1 saturated carbocycles. The molecule has 1 aliphatic rings. The molecule has 0 saturated heterocycles. The number of likely N-dealkylation sites (N-methyl/N-ethyl adjacent to an activating group) is 1. The van der Waals surface area contributed by atoms with Crippen LogP contribution in [0.15, 0.2) is 24.3 Å². The van der Waals surface area contributed by atoms with E-state index in [1.165, 1.54) is 18.9 Å². The number of amides is 1. The van der Waals surface area contributed by atoms with Crippen LogP contribution in [-0.2, 0) is 0 Å². The molecule has 1 fully saturated rings. The monoisotopic (exact) mass is 234 g/mol. The largest absolute Gasteiger partial charge is 0.507 e. The molecule has 1 aliphatic carbocycles. The van der Waals surface area contributed by atoms with Gasteiger partial charge in [0.2, 0.25) is 0 Å². The number of nitrogens with one attached hydrogen (secondary N) is 1. The Labute approximate surface area is 101 Å². The lowest BCUT2D eigenvalue weighted by Gasteiger charge is -2.15. The van der Waals surface area contributed by atoms with E-state index >= 15 is 0 Å². The summed E-state index contributed by atoms with van der Waals surface area (Å²) in [6.07, 6.45) is 2.54. The summed E-state index contributed by atoms with van der Waals surface area (Å²) in [7, 11) is 2.07. The minimum absolute atomic E-state index is 0.0283. The number of phenols is 1. The van der Waals surface area contributed by atoms with Crippen molar-refractivity contribution in [2.75, 3.05) is 20.1 Å². The van der Waals surface area contributed by atoms with E-state index in [1.807, 2.05) is 0 Å². The summed E-state index contributed by atoms with van der Waals surface area (Å²) >= 11 is 0. The van der Waals surface area contributed by atoms with Gasteiger partial charge in [0.05, 0.1) is 5.56 Å². The average Bonchev–Trinajstić information content (AvgIpc) is 3.13. The van der Waals surface area contributed by atoms with Crippen molar-refractivity contribution in [1.82, 2.24) is 10.2 Å². The molecule has 2 N–H and O–H groups in total. The Hall–Kier alpha value is -1.55. The molecule has 0 aromatic heterocycles. The van der Waals surface area contributed by atoms with Gasteiger partial charge in [-0.1, -0.05) is 12.1 Å². The van der Waals surface area contributed by atoms with Gasteiger partial charge in [-0.2, -0.15) is 0 Å². The zero-order valence-corrected chi connectivity index (χ0v) is 10.0. The van der Waals surface area contributed by atoms with E-state index in [4.69, 9.17) is 0 Å². The van der Waals surface area contributed by atoms with Gasteiger partial charge in [-0.15, -0.1) is 0 Å². The Morgan fingerprint density at radius 2 is 2.18 bits per heavy atom. The van der Waals surface area contributed by atoms with E-state index in [0.29, 0.717) is 18.2 Å². The minimum Gasteiger partial charge on any atom is -0.507 e. The molecule has 1 amide bonds. The normalized spacial score (nSPS) is 14.9. The van der Waals surface area contributed by atoms with Crippen LogP contribution in [0.3, 0.4) is 0 Å². The Bertz CT molecular complexity index is 402. The van der Waals surface area contributed by atoms with Crippen molar-refractivity contribution in [3.63, 3.8) is 0 Å². The van der Waals surface area contributed by atoms with E-state index in [0.717, 1.165) is 6.54 Å². The van der Waals surface area contributed by atoms with Gasteiger partial charge < -0.3 is 15.3 Å². The van der Waals surface area contributed by atoms with E-state index in [1.54, 1.807) is 18.2 Å². The molecule has 0 heterocycles. The zero-order chi connectivity index (χ0) is 12.3. The van der Waals surface area contributed by atoms with Gasteiger partial charge in [-0.05, 0) is 32.0 Å². The first-order chi connectivity index (χ1) is 8.18. The van der Waals surface area contributed by atoms with Crippen LogP contribution in [0.5, 0.6) is 5.75 Å². The number of benzene rings is 1. The lowest BCUT2D eigenvalue weighted by atomic mass is 10.2. The number of hydrogen-bond acceptors (Lipinski definition) is 3. The van der Waals surface area contributed by atoms with Crippen molar-refractivity contribution in [2.45, 2.75) is 18.9 Å². The summed E-state index contributed by atoms with van der Waals surface area (Å²) in [5.74, 6) is -0.187. The maximum absolute atomic E-state index is 11.7. The van der Waals surface area contributed by atoms with Crippen LogP contribution in [0.4, 0.5) is 0 Å². The maximum Gasteiger partial charge on any atom is 0.255 e. The number of nitrogens with zero attached hydrogens (tertiary/aromatic N) is 1. The molecule has 0 aliphatic heterocycles. The number of aromatic hydroxyl groups is 1. The summed E-state index contributed by atoms with van der Waals surface area (Å²) in [6, 6.07) is 7.29. The van der Waals surface area contributed by atoms with Gasteiger partial charge in [0, 0.05) is 19.1 Å². The molecule has 17 heavy (non-hydrogen) atoms. The molecule has 4 nitrogen and oxygen atoms in total. The molecule has 0 atom stereocenters. The first-order valence-electron chi connectivity index (χ1n) is 5.95. The Balaban J connectivity index is 1.79. The lowest BCUT2D eigenvalue weighted by Crippen LogP contribution is -2.33. The SMILES string of the molecule is CN(CCNC(=O)c1ccccc1O)C1CC1. The third-order valence-corrected chi connectivity index (χ3v) is 3.07. The van der Waals surface area contributed by atoms with Gasteiger partial charge in [-0.25, -0.2) is 0 Å². The van der Waals surface area contributed by atoms with Crippen molar-refractivity contribution >= 4 is 5.91 Å². The van der Waals surface area contributed by atoms with Crippen molar-refractivity contribution in [2.24, 2.45) is 0 Å². The predicted molar refractivity (Wildman–Crippen MR) is 66.1 cm³/mol. The predicted octanol–water partition coefficient (Wildman–Crippen LogP) is 1.22. The fourth-order valence-corrected chi connectivity index (χ4v) is 1.80. The fraction of sp³-hybridized carbons (Fsp3) is 0.462. The number of rotatable bonds is 5. The van der Waals surface area contributed by atoms with Crippen molar-refractivity contribution in [3.8, 4) is 5.75 Å². The second kappa shape index (κ2) is 5.19. The topological polar surface area (TPSA) is 52.6 Å². The third kappa shape index (κ3) is 3.20. The smallest absolute Gasteiger partial charge is 0.255 e. The average molecular weight is 234 g/mol. The highest BCUT2D eigenvalue weighted by Gasteiger charge is 2.25. The zero-order valence-electron chi connectivity index (χ0n) is 10.0. The molecule has 0 bridgehead atoms. The van der Waals surface area contributed by atoms with Gasteiger partial charge in [0.25, 0.3) is 5.91 Å². The van der Waals surface area contributed by atoms with Crippen molar-refractivity contribution in [1.29, 1.82) is 0 Å². The molecule has 0 radical (unpaired) electrons. The van der Waals surface area contributed by atoms with Crippen molar-refractivity contribution < 1.29 is 9.90 Å². The van der Waals surface area contributed by atoms with Gasteiger partial charge in [-0.3, -0.25) is 4.79 Å². The molecule has 1 aromatic rings. The summed E-state index contributed by atoms with van der Waals surface area (Å²) in [5, 5.41) is 12.3. The van der Waals surface area contributed by atoms with Crippen LogP contribution in [-0.4, -0.2) is 42.1 Å². The lowest BCUT2D eigenvalue weighted by molar-refractivity contribution is 0.0947. The number of hydrogen-bond donors (Lipinski definition) is 2. The second-order valence-corrected chi connectivity index (χ2v) is 4.48. The van der Waals surface area contributed by atoms with E-state index < -0.39 is 0 Å². The summed E-state index contributed by atoms with van der Waals surface area (Å²) in [4.78, 5) is 14.0. The highest BCUT2D eigenvalue weighted by molar-refractivity contribution is 5.96. The number of para-hydroxylation sites is 1. The molecular weight excluding hydrogens is 216 g/mol. The van der Waals surface area contributed by atoms with Crippen LogP contribution in [0.1, 0.15) is 23.2 Å². The van der Waals surface area contributed by atoms with Crippen LogP contribution in [0.25, 0.3) is 0 Å².